The Bertz CT molecular complexity index is 363. The van der Waals surface area contributed by atoms with Crippen molar-refractivity contribution in [1.82, 2.24) is 0 Å². The molecule has 0 aliphatic heterocycles. The molecule has 0 heteroatoms. The number of hydrogen-bond acceptors (Lipinski definition) is 0. The SMILES string of the molecule is CCC(C)C1(C)CCC2C(C)C(C(C)(C)C)CCC2C1CC. The molecule has 2 aliphatic rings. The van der Waals surface area contributed by atoms with Crippen LogP contribution in [0.25, 0.3) is 0 Å². The van der Waals surface area contributed by atoms with Crippen LogP contribution in [0.1, 0.15) is 93.9 Å². The number of fused-ring (bicyclic) bond motifs is 1. The summed E-state index contributed by atoms with van der Waals surface area (Å²) in [4.78, 5) is 0. The molecule has 2 rings (SSSR count). The lowest BCUT2D eigenvalue weighted by molar-refractivity contribution is -0.0886. The molecule has 2 fully saturated rings. The first kappa shape index (κ1) is 18.3. The Morgan fingerprint density at radius 1 is 1.05 bits per heavy atom. The highest BCUT2D eigenvalue weighted by molar-refractivity contribution is 5.01. The van der Waals surface area contributed by atoms with Gasteiger partial charge in [-0.15, -0.1) is 0 Å². The van der Waals surface area contributed by atoms with Crippen LogP contribution in [0.3, 0.4) is 0 Å². The molecule has 0 aromatic heterocycles. The molecule has 0 amide bonds. The maximum Gasteiger partial charge on any atom is -0.0269 e. The van der Waals surface area contributed by atoms with Gasteiger partial charge in [0, 0.05) is 0 Å². The van der Waals surface area contributed by atoms with Gasteiger partial charge in [0.2, 0.25) is 0 Å². The van der Waals surface area contributed by atoms with Crippen molar-refractivity contribution in [1.29, 1.82) is 0 Å². The van der Waals surface area contributed by atoms with E-state index in [4.69, 9.17) is 0 Å². The summed E-state index contributed by atoms with van der Waals surface area (Å²) in [5, 5.41) is 0. The highest BCUT2D eigenvalue weighted by Gasteiger charge is 2.52. The van der Waals surface area contributed by atoms with Crippen molar-refractivity contribution in [3.63, 3.8) is 0 Å². The van der Waals surface area contributed by atoms with E-state index >= 15 is 0 Å². The van der Waals surface area contributed by atoms with Crippen LogP contribution >= 0.6 is 0 Å². The van der Waals surface area contributed by atoms with Crippen LogP contribution in [0.2, 0.25) is 0 Å². The van der Waals surface area contributed by atoms with E-state index in [1.54, 1.807) is 0 Å². The Hall–Kier alpha value is 0. The predicted octanol–water partition coefficient (Wildman–Crippen LogP) is 7.18. The first-order chi connectivity index (χ1) is 10.2. The normalized spacial score (nSPS) is 44.5. The van der Waals surface area contributed by atoms with Crippen molar-refractivity contribution in [2.24, 2.45) is 46.3 Å². The van der Waals surface area contributed by atoms with E-state index in [9.17, 15) is 0 Å². The zero-order valence-electron chi connectivity index (χ0n) is 16.7. The molecule has 0 heterocycles. The summed E-state index contributed by atoms with van der Waals surface area (Å²) in [6, 6.07) is 0. The molecule has 2 saturated carbocycles. The van der Waals surface area contributed by atoms with E-state index in [1.807, 2.05) is 0 Å². The Balaban J connectivity index is 2.23. The van der Waals surface area contributed by atoms with Crippen molar-refractivity contribution in [3.8, 4) is 0 Å². The second-order valence-electron chi connectivity index (χ2n) is 10.1. The summed E-state index contributed by atoms with van der Waals surface area (Å²) in [7, 11) is 0. The predicted molar refractivity (Wildman–Crippen MR) is 98.9 cm³/mol. The second kappa shape index (κ2) is 6.48. The topological polar surface area (TPSA) is 0 Å². The third-order valence-electron chi connectivity index (χ3n) is 8.34. The second-order valence-corrected chi connectivity index (χ2v) is 10.1. The van der Waals surface area contributed by atoms with E-state index in [0.29, 0.717) is 10.8 Å². The minimum Gasteiger partial charge on any atom is -0.0651 e. The summed E-state index contributed by atoms with van der Waals surface area (Å²) in [5.74, 6) is 5.71. The molecule has 7 atom stereocenters. The summed E-state index contributed by atoms with van der Waals surface area (Å²) in [5.41, 5.74) is 1.09. The van der Waals surface area contributed by atoms with Gasteiger partial charge < -0.3 is 0 Å². The van der Waals surface area contributed by atoms with Crippen LogP contribution in [0.5, 0.6) is 0 Å². The van der Waals surface area contributed by atoms with Gasteiger partial charge in [-0.25, -0.2) is 0 Å². The highest BCUT2D eigenvalue weighted by Crippen LogP contribution is 2.60. The first-order valence-corrected chi connectivity index (χ1v) is 10.2. The van der Waals surface area contributed by atoms with Crippen LogP contribution in [0.15, 0.2) is 0 Å². The maximum absolute atomic E-state index is 2.63. The van der Waals surface area contributed by atoms with Crippen LogP contribution in [0.4, 0.5) is 0 Å². The molecule has 0 spiro atoms. The fraction of sp³-hybridized carbons (Fsp3) is 1.00. The Labute approximate surface area is 140 Å². The van der Waals surface area contributed by atoms with Crippen molar-refractivity contribution < 1.29 is 0 Å². The molecule has 22 heavy (non-hydrogen) atoms. The van der Waals surface area contributed by atoms with Crippen LogP contribution in [-0.4, -0.2) is 0 Å². The van der Waals surface area contributed by atoms with Crippen LogP contribution in [-0.2, 0) is 0 Å². The van der Waals surface area contributed by atoms with Crippen molar-refractivity contribution >= 4 is 0 Å². The van der Waals surface area contributed by atoms with Gasteiger partial charge >= 0.3 is 0 Å². The van der Waals surface area contributed by atoms with Gasteiger partial charge in [-0.05, 0) is 72.0 Å². The minimum atomic E-state index is 0.490. The van der Waals surface area contributed by atoms with Gasteiger partial charge in [0.1, 0.15) is 0 Å². The number of hydrogen-bond donors (Lipinski definition) is 0. The molecule has 0 bridgehead atoms. The first-order valence-electron chi connectivity index (χ1n) is 10.2. The Kier molecular flexibility index (Phi) is 5.40. The zero-order valence-corrected chi connectivity index (χ0v) is 16.7. The van der Waals surface area contributed by atoms with Gasteiger partial charge in [-0.3, -0.25) is 0 Å². The fourth-order valence-electron chi connectivity index (χ4n) is 6.73. The van der Waals surface area contributed by atoms with Gasteiger partial charge in [0.15, 0.2) is 0 Å². The molecule has 130 valence electrons. The Morgan fingerprint density at radius 2 is 1.68 bits per heavy atom. The molecule has 0 aromatic carbocycles. The summed E-state index contributed by atoms with van der Waals surface area (Å²) >= 11 is 0. The zero-order chi connectivity index (χ0) is 16.7. The molecular formula is C22H42. The molecule has 2 aliphatic carbocycles. The Morgan fingerprint density at radius 3 is 2.18 bits per heavy atom. The van der Waals surface area contributed by atoms with Crippen LogP contribution in [0, 0.1) is 46.3 Å². The van der Waals surface area contributed by atoms with E-state index in [1.165, 1.54) is 38.5 Å². The van der Waals surface area contributed by atoms with Crippen molar-refractivity contribution in [3.05, 3.63) is 0 Å². The standard InChI is InChI=1S/C22H42/c1-9-15(3)22(8)14-13-17-16(4)20(21(5,6)7)12-11-18(17)19(22)10-2/h15-20H,9-14H2,1-8H3. The molecule has 0 saturated heterocycles. The highest BCUT2D eigenvalue weighted by atomic mass is 14.6. The summed E-state index contributed by atoms with van der Waals surface area (Å²) < 4.78 is 0. The molecule has 0 nitrogen and oxygen atoms in total. The monoisotopic (exact) mass is 306 g/mol. The van der Waals surface area contributed by atoms with Crippen molar-refractivity contribution in [2.75, 3.05) is 0 Å². The molecule has 0 aromatic rings. The largest absolute Gasteiger partial charge is 0.0651 e. The molecular weight excluding hydrogens is 264 g/mol. The van der Waals surface area contributed by atoms with E-state index in [0.717, 1.165) is 35.5 Å². The smallest absolute Gasteiger partial charge is 0.0269 e. The lowest BCUT2D eigenvalue weighted by atomic mass is 9.47. The van der Waals surface area contributed by atoms with Gasteiger partial charge in [0.25, 0.3) is 0 Å². The summed E-state index contributed by atoms with van der Waals surface area (Å²) in [6.45, 7) is 20.0. The van der Waals surface area contributed by atoms with Gasteiger partial charge in [0.05, 0.1) is 0 Å². The van der Waals surface area contributed by atoms with Gasteiger partial charge in [-0.2, -0.15) is 0 Å². The van der Waals surface area contributed by atoms with E-state index in [2.05, 4.69) is 55.4 Å². The quantitative estimate of drug-likeness (QED) is 0.518. The lowest BCUT2D eigenvalue weighted by Gasteiger charge is -2.58. The van der Waals surface area contributed by atoms with Crippen LogP contribution < -0.4 is 0 Å². The molecule has 0 radical (unpaired) electrons. The maximum atomic E-state index is 2.63. The number of rotatable bonds is 3. The lowest BCUT2D eigenvalue weighted by Crippen LogP contribution is -2.50. The van der Waals surface area contributed by atoms with E-state index < -0.39 is 0 Å². The molecule has 0 N–H and O–H groups in total. The third kappa shape index (κ3) is 3.01. The fourth-order valence-corrected chi connectivity index (χ4v) is 6.73. The minimum absolute atomic E-state index is 0.490. The third-order valence-corrected chi connectivity index (χ3v) is 8.34. The average Bonchev–Trinajstić information content (AvgIpc) is 2.45. The average molecular weight is 307 g/mol. The van der Waals surface area contributed by atoms with Gasteiger partial charge in [-0.1, -0.05) is 68.2 Å². The molecule has 7 unspecified atom stereocenters. The summed E-state index contributed by atoms with van der Waals surface area (Å²) in [6.07, 6.45) is 8.69. The van der Waals surface area contributed by atoms with E-state index in [-0.39, 0.29) is 0 Å². The van der Waals surface area contributed by atoms with Crippen molar-refractivity contribution in [2.45, 2.75) is 93.9 Å².